The van der Waals surface area contributed by atoms with Crippen LogP contribution >= 0.6 is 0 Å². The molecule has 0 aliphatic carbocycles. The summed E-state index contributed by atoms with van der Waals surface area (Å²) in [5.74, 6) is 1.21. The number of nitrogens with zero attached hydrogens (tertiary/aromatic N) is 4. The van der Waals surface area contributed by atoms with Crippen molar-refractivity contribution in [2.45, 2.75) is 6.42 Å². The molecule has 2 aromatic heterocycles. The molecule has 19 heavy (non-hydrogen) atoms. The fourth-order valence-corrected chi connectivity index (χ4v) is 2.76. The highest BCUT2D eigenvalue weighted by atomic mass is 16.3. The molecule has 102 valence electrons. The van der Waals surface area contributed by atoms with Crippen molar-refractivity contribution in [2.24, 2.45) is 0 Å². The molecule has 0 atom stereocenters. The lowest BCUT2D eigenvalue weighted by Crippen LogP contribution is -2.33. The first kappa shape index (κ1) is 12.4. The van der Waals surface area contributed by atoms with Gasteiger partial charge in [-0.15, -0.1) is 0 Å². The number of β-amino-alcohol motifs (C(OH)–C–C–N with tert-alkyl or cyclic N) is 1. The standard InChI is InChI=1S/C14H20N4O/c19-12-11-16-6-2-7-17(10-9-16)14-4-1-3-13-15-5-8-18(13)14/h1,3-5,8,19H,2,6-7,9-12H2. The fourth-order valence-electron chi connectivity index (χ4n) is 2.76. The van der Waals surface area contributed by atoms with Crippen molar-refractivity contribution in [3.05, 3.63) is 30.6 Å². The first-order chi connectivity index (χ1) is 9.38. The Labute approximate surface area is 113 Å². The van der Waals surface area contributed by atoms with Crippen LogP contribution in [0.5, 0.6) is 0 Å². The molecule has 3 rings (SSSR count). The fraction of sp³-hybridized carbons (Fsp3) is 0.500. The Kier molecular flexibility index (Phi) is 3.66. The molecule has 3 heterocycles. The zero-order valence-corrected chi connectivity index (χ0v) is 11.1. The van der Waals surface area contributed by atoms with Crippen molar-refractivity contribution in [1.29, 1.82) is 0 Å². The van der Waals surface area contributed by atoms with Crippen LogP contribution in [0, 0.1) is 0 Å². The smallest absolute Gasteiger partial charge is 0.138 e. The van der Waals surface area contributed by atoms with E-state index >= 15 is 0 Å². The van der Waals surface area contributed by atoms with Gasteiger partial charge >= 0.3 is 0 Å². The van der Waals surface area contributed by atoms with Crippen LogP contribution in [0.15, 0.2) is 30.6 Å². The summed E-state index contributed by atoms with van der Waals surface area (Å²) >= 11 is 0. The predicted octanol–water partition coefficient (Wildman–Crippen LogP) is 0.839. The van der Waals surface area contributed by atoms with Crippen LogP contribution in [0.4, 0.5) is 5.82 Å². The van der Waals surface area contributed by atoms with Crippen molar-refractivity contribution in [2.75, 3.05) is 44.2 Å². The summed E-state index contributed by atoms with van der Waals surface area (Å²) in [5, 5.41) is 9.04. The molecular weight excluding hydrogens is 240 g/mol. The van der Waals surface area contributed by atoms with Gasteiger partial charge in [-0.25, -0.2) is 4.98 Å². The molecule has 0 bridgehead atoms. The van der Waals surface area contributed by atoms with E-state index in [1.165, 1.54) is 5.82 Å². The lowest BCUT2D eigenvalue weighted by atomic mass is 10.3. The van der Waals surface area contributed by atoms with Gasteiger partial charge in [0.1, 0.15) is 11.5 Å². The van der Waals surface area contributed by atoms with Gasteiger partial charge in [0.05, 0.1) is 6.61 Å². The number of pyridine rings is 1. The van der Waals surface area contributed by atoms with E-state index in [0.29, 0.717) is 0 Å². The summed E-state index contributed by atoms with van der Waals surface area (Å²) in [7, 11) is 0. The van der Waals surface area contributed by atoms with Crippen LogP contribution in [0.2, 0.25) is 0 Å². The maximum Gasteiger partial charge on any atom is 0.138 e. The van der Waals surface area contributed by atoms with Gasteiger partial charge < -0.3 is 10.0 Å². The van der Waals surface area contributed by atoms with Gasteiger partial charge in [-0.2, -0.15) is 0 Å². The Morgan fingerprint density at radius 1 is 1.16 bits per heavy atom. The summed E-state index contributed by atoms with van der Waals surface area (Å²) in [6, 6.07) is 6.24. The van der Waals surface area contributed by atoms with Gasteiger partial charge in [0.25, 0.3) is 0 Å². The first-order valence-electron chi connectivity index (χ1n) is 6.89. The number of anilines is 1. The maximum atomic E-state index is 9.04. The predicted molar refractivity (Wildman–Crippen MR) is 75.5 cm³/mol. The van der Waals surface area contributed by atoms with Gasteiger partial charge in [-0.1, -0.05) is 6.07 Å². The number of imidazole rings is 1. The molecule has 0 unspecified atom stereocenters. The number of fused-ring (bicyclic) bond motifs is 1. The summed E-state index contributed by atoms with van der Waals surface area (Å²) in [5.41, 5.74) is 0.994. The van der Waals surface area contributed by atoms with Crippen LogP contribution in [-0.2, 0) is 0 Å². The Morgan fingerprint density at radius 3 is 3.00 bits per heavy atom. The van der Waals surface area contributed by atoms with E-state index in [1.807, 2.05) is 18.5 Å². The number of hydrogen-bond donors (Lipinski definition) is 1. The Bertz CT molecular complexity index is 539. The molecule has 0 aromatic carbocycles. The normalized spacial score (nSPS) is 17.8. The molecule has 0 saturated carbocycles. The van der Waals surface area contributed by atoms with Crippen LogP contribution < -0.4 is 4.90 Å². The minimum atomic E-state index is 0.247. The molecule has 0 amide bonds. The van der Waals surface area contributed by atoms with Crippen LogP contribution in [-0.4, -0.2) is 58.7 Å². The number of aliphatic hydroxyl groups excluding tert-OH is 1. The summed E-state index contributed by atoms with van der Waals surface area (Å²) < 4.78 is 2.14. The van der Waals surface area contributed by atoms with E-state index in [2.05, 4.69) is 31.3 Å². The summed E-state index contributed by atoms with van der Waals surface area (Å²) in [4.78, 5) is 9.07. The SMILES string of the molecule is OCCN1CCCN(c2cccc3nccn23)CC1. The molecule has 1 fully saturated rings. The highest BCUT2D eigenvalue weighted by molar-refractivity contribution is 5.51. The second kappa shape index (κ2) is 5.59. The lowest BCUT2D eigenvalue weighted by molar-refractivity contribution is 0.204. The highest BCUT2D eigenvalue weighted by Crippen LogP contribution is 2.18. The van der Waals surface area contributed by atoms with Crippen LogP contribution in [0.25, 0.3) is 5.65 Å². The minimum Gasteiger partial charge on any atom is -0.395 e. The molecule has 5 heteroatoms. The number of rotatable bonds is 3. The molecule has 1 aliphatic rings. The lowest BCUT2D eigenvalue weighted by Gasteiger charge is -2.24. The highest BCUT2D eigenvalue weighted by Gasteiger charge is 2.16. The molecule has 0 radical (unpaired) electrons. The van der Waals surface area contributed by atoms with E-state index in [-0.39, 0.29) is 6.61 Å². The molecule has 1 saturated heterocycles. The van der Waals surface area contributed by atoms with Crippen molar-refractivity contribution in [3.63, 3.8) is 0 Å². The average molecular weight is 260 g/mol. The molecule has 2 aromatic rings. The van der Waals surface area contributed by atoms with Gasteiger partial charge in [0.15, 0.2) is 0 Å². The third-order valence-corrected chi connectivity index (χ3v) is 3.74. The number of hydrogen-bond acceptors (Lipinski definition) is 4. The van der Waals surface area contributed by atoms with E-state index in [9.17, 15) is 0 Å². The Balaban J connectivity index is 1.80. The molecule has 1 N–H and O–H groups in total. The third-order valence-electron chi connectivity index (χ3n) is 3.74. The Morgan fingerprint density at radius 2 is 2.11 bits per heavy atom. The van der Waals surface area contributed by atoms with Gasteiger partial charge in [-0.05, 0) is 25.1 Å². The topological polar surface area (TPSA) is 44.0 Å². The molecular formula is C14H20N4O. The zero-order valence-electron chi connectivity index (χ0n) is 11.1. The first-order valence-corrected chi connectivity index (χ1v) is 6.89. The van der Waals surface area contributed by atoms with E-state index in [4.69, 9.17) is 5.11 Å². The number of aliphatic hydroxyl groups is 1. The largest absolute Gasteiger partial charge is 0.395 e. The second-order valence-corrected chi connectivity index (χ2v) is 4.95. The van der Waals surface area contributed by atoms with Crippen molar-refractivity contribution in [1.82, 2.24) is 14.3 Å². The van der Waals surface area contributed by atoms with Crippen molar-refractivity contribution in [3.8, 4) is 0 Å². The molecule has 0 spiro atoms. The second-order valence-electron chi connectivity index (χ2n) is 4.95. The van der Waals surface area contributed by atoms with Crippen LogP contribution in [0.3, 0.4) is 0 Å². The van der Waals surface area contributed by atoms with Crippen molar-refractivity contribution < 1.29 is 5.11 Å². The van der Waals surface area contributed by atoms with E-state index in [0.717, 1.165) is 44.8 Å². The van der Waals surface area contributed by atoms with Gasteiger partial charge in [0, 0.05) is 38.6 Å². The average Bonchev–Trinajstić information content (AvgIpc) is 2.79. The monoisotopic (exact) mass is 260 g/mol. The van der Waals surface area contributed by atoms with Crippen LogP contribution in [0.1, 0.15) is 6.42 Å². The minimum absolute atomic E-state index is 0.247. The zero-order chi connectivity index (χ0) is 13.1. The maximum absolute atomic E-state index is 9.04. The van der Waals surface area contributed by atoms with E-state index < -0.39 is 0 Å². The summed E-state index contributed by atoms with van der Waals surface area (Å²) in [6.07, 6.45) is 4.99. The molecule has 1 aliphatic heterocycles. The van der Waals surface area contributed by atoms with E-state index in [1.54, 1.807) is 0 Å². The summed E-state index contributed by atoms with van der Waals surface area (Å²) in [6.45, 7) is 5.15. The van der Waals surface area contributed by atoms with Crippen molar-refractivity contribution >= 4 is 11.5 Å². The Hall–Kier alpha value is -1.59. The quantitative estimate of drug-likeness (QED) is 0.888. The number of aromatic nitrogens is 2. The van der Waals surface area contributed by atoms with Gasteiger partial charge in [0.2, 0.25) is 0 Å². The van der Waals surface area contributed by atoms with Gasteiger partial charge in [-0.3, -0.25) is 9.30 Å². The molecule has 5 nitrogen and oxygen atoms in total. The third kappa shape index (κ3) is 2.57.